The van der Waals surface area contributed by atoms with Crippen LogP contribution in [0.4, 0.5) is 0 Å². The van der Waals surface area contributed by atoms with Crippen molar-refractivity contribution in [3.8, 4) is 6.07 Å². The molecular formula is C9H9N5. The summed E-state index contributed by atoms with van der Waals surface area (Å²) >= 11 is 0. The Morgan fingerprint density at radius 3 is 2.93 bits per heavy atom. The highest BCUT2D eigenvalue weighted by molar-refractivity contribution is 5.47. The van der Waals surface area contributed by atoms with Gasteiger partial charge in [0, 0.05) is 6.42 Å². The molecule has 0 N–H and O–H groups in total. The number of rotatable bonds is 1. The van der Waals surface area contributed by atoms with Crippen molar-refractivity contribution in [2.24, 2.45) is 0 Å². The van der Waals surface area contributed by atoms with Crippen LogP contribution < -0.4 is 0 Å². The molecular weight excluding hydrogens is 178 g/mol. The first-order chi connectivity index (χ1) is 6.76. The predicted molar refractivity (Wildman–Crippen MR) is 49.6 cm³/mol. The van der Waals surface area contributed by atoms with Crippen LogP contribution >= 0.6 is 0 Å². The van der Waals surface area contributed by atoms with E-state index in [1.165, 1.54) is 0 Å². The first-order valence-corrected chi connectivity index (χ1v) is 4.38. The van der Waals surface area contributed by atoms with Crippen LogP contribution in [0.1, 0.15) is 24.0 Å². The van der Waals surface area contributed by atoms with Crippen molar-refractivity contribution in [1.82, 2.24) is 19.8 Å². The van der Waals surface area contributed by atoms with Crippen molar-refractivity contribution >= 4 is 5.65 Å². The smallest absolute Gasteiger partial charge is 0.180 e. The van der Waals surface area contributed by atoms with Gasteiger partial charge in [0.1, 0.15) is 6.07 Å². The monoisotopic (exact) mass is 187 g/mol. The normalized spacial score (nSPS) is 10.4. The fraction of sp³-hybridized carbons (Fsp3) is 0.333. The Kier molecular flexibility index (Phi) is 1.89. The summed E-state index contributed by atoms with van der Waals surface area (Å²) in [5.74, 6) is 0.778. The van der Waals surface area contributed by atoms with E-state index < -0.39 is 0 Å². The van der Waals surface area contributed by atoms with Gasteiger partial charge in [0.2, 0.25) is 0 Å². The van der Waals surface area contributed by atoms with E-state index >= 15 is 0 Å². The lowest BCUT2D eigenvalue weighted by Crippen LogP contribution is -2.01. The molecule has 0 aliphatic carbocycles. The molecule has 0 aliphatic heterocycles. The van der Waals surface area contributed by atoms with Crippen LogP contribution in [0.5, 0.6) is 0 Å². The van der Waals surface area contributed by atoms with E-state index in [9.17, 15) is 0 Å². The van der Waals surface area contributed by atoms with Crippen LogP contribution in [-0.2, 0) is 6.42 Å². The minimum absolute atomic E-state index is 0.393. The van der Waals surface area contributed by atoms with Gasteiger partial charge in [-0.25, -0.2) is 0 Å². The van der Waals surface area contributed by atoms with Gasteiger partial charge in [-0.15, -0.1) is 10.2 Å². The molecule has 2 heterocycles. The van der Waals surface area contributed by atoms with Gasteiger partial charge in [-0.05, 0) is 18.6 Å². The molecule has 0 saturated heterocycles. The summed E-state index contributed by atoms with van der Waals surface area (Å²) in [6.45, 7) is 3.87. The molecule has 70 valence electrons. The molecule has 2 aromatic heterocycles. The Labute approximate surface area is 81.0 Å². The van der Waals surface area contributed by atoms with E-state index in [0.717, 1.165) is 23.5 Å². The molecule has 0 unspecified atom stereocenters. The number of hydrogen-bond acceptors (Lipinski definition) is 4. The Hall–Kier alpha value is -1.96. The molecule has 0 aromatic carbocycles. The predicted octanol–water partition coefficient (Wildman–Crippen LogP) is 0.867. The summed E-state index contributed by atoms with van der Waals surface area (Å²) in [6.07, 6.45) is 0.752. The first-order valence-electron chi connectivity index (χ1n) is 4.38. The van der Waals surface area contributed by atoms with Gasteiger partial charge in [0.25, 0.3) is 0 Å². The van der Waals surface area contributed by atoms with Gasteiger partial charge in [-0.1, -0.05) is 6.92 Å². The maximum atomic E-state index is 8.76. The van der Waals surface area contributed by atoms with E-state index in [1.54, 1.807) is 10.6 Å². The Bertz CT molecular complexity index is 520. The van der Waals surface area contributed by atoms with Gasteiger partial charge in [0.05, 0.1) is 0 Å². The zero-order valence-corrected chi connectivity index (χ0v) is 8.02. The minimum Gasteiger partial charge on any atom is -0.196 e. The van der Waals surface area contributed by atoms with Crippen LogP contribution in [0.15, 0.2) is 6.07 Å². The van der Waals surface area contributed by atoms with Crippen LogP contribution in [-0.4, -0.2) is 19.8 Å². The highest BCUT2D eigenvalue weighted by Crippen LogP contribution is 2.09. The third kappa shape index (κ3) is 1.12. The quantitative estimate of drug-likeness (QED) is 0.664. The molecule has 0 spiro atoms. The number of nitrogens with zero attached hydrogens (tertiary/aromatic N) is 5. The van der Waals surface area contributed by atoms with Crippen LogP contribution in [0.3, 0.4) is 0 Å². The molecule has 0 atom stereocenters. The fourth-order valence-electron chi connectivity index (χ4n) is 1.34. The third-order valence-corrected chi connectivity index (χ3v) is 2.05. The highest BCUT2D eigenvalue weighted by atomic mass is 15.4. The lowest BCUT2D eigenvalue weighted by atomic mass is 10.3. The molecule has 0 bridgehead atoms. The Morgan fingerprint density at radius 1 is 1.50 bits per heavy atom. The number of hydrogen-bond donors (Lipinski definition) is 0. The minimum atomic E-state index is 0.393. The third-order valence-electron chi connectivity index (χ3n) is 2.05. The largest absolute Gasteiger partial charge is 0.196 e. The fourth-order valence-corrected chi connectivity index (χ4v) is 1.34. The van der Waals surface area contributed by atoms with Crippen molar-refractivity contribution in [2.45, 2.75) is 20.3 Å². The first kappa shape index (κ1) is 8.63. The van der Waals surface area contributed by atoms with Gasteiger partial charge in [-0.2, -0.15) is 14.9 Å². The summed E-state index contributed by atoms with van der Waals surface area (Å²) in [5, 5.41) is 20.9. The summed E-state index contributed by atoms with van der Waals surface area (Å²) < 4.78 is 1.63. The zero-order chi connectivity index (χ0) is 10.1. The van der Waals surface area contributed by atoms with E-state index in [1.807, 2.05) is 19.9 Å². The molecule has 0 saturated carbocycles. The average Bonchev–Trinajstić information content (AvgIpc) is 2.61. The molecule has 0 radical (unpaired) electrons. The number of fused-ring (bicyclic) bond motifs is 1. The van der Waals surface area contributed by atoms with Crippen molar-refractivity contribution in [3.63, 3.8) is 0 Å². The number of aryl methyl sites for hydroxylation is 2. The lowest BCUT2D eigenvalue weighted by molar-refractivity contribution is 0.814. The SMILES string of the molecule is CCc1nnc2c(C)cc(C#N)nn12. The number of aromatic nitrogens is 4. The van der Waals surface area contributed by atoms with E-state index in [4.69, 9.17) is 5.26 Å². The van der Waals surface area contributed by atoms with Gasteiger partial charge in [-0.3, -0.25) is 0 Å². The van der Waals surface area contributed by atoms with E-state index in [-0.39, 0.29) is 0 Å². The van der Waals surface area contributed by atoms with Crippen LogP contribution in [0.25, 0.3) is 5.65 Å². The molecule has 5 heteroatoms. The zero-order valence-electron chi connectivity index (χ0n) is 8.02. The maximum Gasteiger partial charge on any atom is 0.180 e. The molecule has 0 fully saturated rings. The second-order valence-corrected chi connectivity index (χ2v) is 3.03. The summed E-state index contributed by atoms with van der Waals surface area (Å²) in [6, 6.07) is 3.73. The average molecular weight is 187 g/mol. The van der Waals surface area contributed by atoms with Crippen molar-refractivity contribution in [1.29, 1.82) is 5.26 Å². The Balaban J connectivity index is 2.82. The van der Waals surface area contributed by atoms with Gasteiger partial charge < -0.3 is 0 Å². The summed E-state index contributed by atoms with van der Waals surface area (Å²) in [4.78, 5) is 0. The summed E-state index contributed by atoms with van der Waals surface area (Å²) in [7, 11) is 0. The molecule has 5 nitrogen and oxygen atoms in total. The maximum absolute atomic E-state index is 8.76. The second-order valence-electron chi connectivity index (χ2n) is 3.03. The van der Waals surface area contributed by atoms with Gasteiger partial charge >= 0.3 is 0 Å². The topological polar surface area (TPSA) is 66.9 Å². The van der Waals surface area contributed by atoms with Crippen LogP contribution in [0, 0.1) is 18.3 Å². The van der Waals surface area contributed by atoms with E-state index in [2.05, 4.69) is 15.3 Å². The van der Waals surface area contributed by atoms with E-state index in [0.29, 0.717) is 5.69 Å². The van der Waals surface area contributed by atoms with Gasteiger partial charge in [0.15, 0.2) is 17.2 Å². The van der Waals surface area contributed by atoms with Crippen molar-refractivity contribution in [2.75, 3.05) is 0 Å². The molecule has 2 aromatic rings. The standard InChI is InChI=1S/C9H9N5/c1-3-8-11-12-9-6(2)4-7(5-10)13-14(8)9/h4H,3H2,1-2H3. The molecule has 0 aliphatic rings. The second kappa shape index (κ2) is 3.07. The van der Waals surface area contributed by atoms with Crippen molar-refractivity contribution < 1.29 is 0 Å². The molecule has 2 rings (SSSR count). The molecule has 14 heavy (non-hydrogen) atoms. The number of nitriles is 1. The van der Waals surface area contributed by atoms with Crippen LogP contribution in [0.2, 0.25) is 0 Å². The lowest BCUT2D eigenvalue weighted by Gasteiger charge is -1.98. The molecule has 0 amide bonds. The highest BCUT2D eigenvalue weighted by Gasteiger charge is 2.08. The Morgan fingerprint density at radius 2 is 2.29 bits per heavy atom. The van der Waals surface area contributed by atoms with Crippen molar-refractivity contribution in [3.05, 3.63) is 23.1 Å². The summed E-state index contributed by atoms with van der Waals surface area (Å²) in [5.41, 5.74) is 2.04.